The highest BCUT2D eigenvalue weighted by Gasteiger charge is 2.12. The molecule has 0 radical (unpaired) electrons. The van der Waals surface area contributed by atoms with E-state index in [1.165, 1.54) is 11.1 Å². The fraction of sp³-hybridized carbons (Fsp3) is 0.0526. The highest BCUT2D eigenvalue weighted by Crippen LogP contribution is 2.35. The first-order valence-corrected chi connectivity index (χ1v) is 13.4. The molecule has 0 heterocycles. The molecule has 0 amide bonds. The molecule has 0 aromatic heterocycles. The van der Waals surface area contributed by atoms with Crippen LogP contribution in [0.25, 0.3) is 29.1 Å². The summed E-state index contributed by atoms with van der Waals surface area (Å²) >= 11 is 0. The molecule has 0 aliphatic heterocycles. The molecular formula is C38H29N3. The van der Waals surface area contributed by atoms with E-state index in [9.17, 15) is 5.26 Å². The fourth-order valence-corrected chi connectivity index (χ4v) is 4.59. The Morgan fingerprint density at radius 2 is 1.10 bits per heavy atom. The highest BCUT2D eigenvalue weighted by atomic mass is 15.1. The number of aryl methyl sites for hydroxylation is 2. The van der Waals surface area contributed by atoms with Gasteiger partial charge in [0.1, 0.15) is 0 Å². The Morgan fingerprint density at radius 1 is 0.610 bits per heavy atom. The third-order valence-corrected chi connectivity index (χ3v) is 6.89. The maximum Gasteiger partial charge on any atom is 0.194 e. The number of nitriles is 1. The van der Waals surface area contributed by atoms with Gasteiger partial charge in [-0.25, -0.2) is 4.85 Å². The Morgan fingerprint density at radius 3 is 1.66 bits per heavy atom. The van der Waals surface area contributed by atoms with E-state index in [0.29, 0.717) is 11.3 Å². The Kier molecular flexibility index (Phi) is 8.20. The Labute approximate surface area is 242 Å². The summed E-state index contributed by atoms with van der Waals surface area (Å²) in [5.41, 5.74) is 10.2. The third kappa shape index (κ3) is 6.51. The largest absolute Gasteiger partial charge is 0.311 e. The molecule has 0 fully saturated rings. The molecule has 0 spiro atoms. The molecule has 5 aromatic rings. The van der Waals surface area contributed by atoms with Gasteiger partial charge in [-0.2, -0.15) is 5.26 Å². The maximum atomic E-state index is 9.82. The topological polar surface area (TPSA) is 31.4 Å². The summed E-state index contributed by atoms with van der Waals surface area (Å²) in [6, 6.07) is 41.2. The maximum absolute atomic E-state index is 9.82. The van der Waals surface area contributed by atoms with E-state index in [4.69, 9.17) is 6.57 Å². The monoisotopic (exact) mass is 527 g/mol. The lowest BCUT2D eigenvalue weighted by Gasteiger charge is -2.25. The Bertz CT molecular complexity index is 1780. The summed E-state index contributed by atoms with van der Waals surface area (Å²) in [6.07, 6.45) is 7.76. The van der Waals surface area contributed by atoms with Gasteiger partial charge in [0, 0.05) is 17.1 Å². The zero-order valence-corrected chi connectivity index (χ0v) is 23.1. The Hall–Kier alpha value is -5.64. The number of anilines is 3. The predicted octanol–water partition coefficient (Wildman–Crippen LogP) is 10.5. The molecule has 0 N–H and O–H groups in total. The van der Waals surface area contributed by atoms with Gasteiger partial charge in [-0.05, 0) is 84.6 Å². The molecule has 5 aromatic carbocycles. The number of para-hydroxylation sites is 1. The van der Waals surface area contributed by atoms with Gasteiger partial charge in [-0.15, -0.1) is 0 Å². The minimum Gasteiger partial charge on any atom is -0.311 e. The van der Waals surface area contributed by atoms with E-state index < -0.39 is 0 Å². The molecule has 41 heavy (non-hydrogen) atoms. The molecule has 0 aliphatic rings. The van der Waals surface area contributed by atoms with E-state index >= 15 is 0 Å². The van der Waals surface area contributed by atoms with Crippen LogP contribution in [-0.2, 0) is 0 Å². The van der Waals surface area contributed by atoms with E-state index in [1.54, 1.807) is 12.1 Å². The normalized spacial score (nSPS) is 10.9. The minimum atomic E-state index is 0.509. The van der Waals surface area contributed by atoms with Gasteiger partial charge < -0.3 is 4.90 Å². The van der Waals surface area contributed by atoms with E-state index in [2.05, 4.69) is 102 Å². The van der Waals surface area contributed by atoms with Crippen LogP contribution in [-0.4, -0.2) is 0 Å². The molecule has 0 atom stereocenters. The molecular weight excluding hydrogens is 498 g/mol. The second kappa shape index (κ2) is 12.5. The van der Waals surface area contributed by atoms with Crippen LogP contribution < -0.4 is 4.90 Å². The molecule has 0 saturated heterocycles. The summed E-state index contributed by atoms with van der Waals surface area (Å²) in [5, 5.41) is 9.82. The first-order chi connectivity index (χ1) is 20.0. The van der Waals surface area contributed by atoms with Crippen LogP contribution in [0.4, 0.5) is 22.7 Å². The molecule has 3 heteroatoms. The van der Waals surface area contributed by atoms with Crippen molar-refractivity contribution in [1.82, 2.24) is 0 Å². The zero-order valence-electron chi connectivity index (χ0n) is 23.1. The van der Waals surface area contributed by atoms with Crippen LogP contribution in [0, 0.1) is 31.8 Å². The van der Waals surface area contributed by atoms with E-state index in [-0.39, 0.29) is 0 Å². The standard InChI is InChI=1S/C38H29N3/c1-28-9-13-30(14-10-28)15-19-32-26-38(40-3)33(25-34(32)27-39)20-16-31-17-23-37(24-18-31)41(35-7-5-4-6-8-35)36-21-11-29(2)12-22-36/h4-26H,1-2H3. The highest BCUT2D eigenvalue weighted by molar-refractivity contribution is 5.83. The number of hydrogen-bond acceptors (Lipinski definition) is 2. The quantitative estimate of drug-likeness (QED) is 0.156. The van der Waals surface area contributed by atoms with Crippen molar-refractivity contribution in [3.05, 3.63) is 166 Å². The van der Waals surface area contributed by atoms with E-state index in [1.807, 2.05) is 54.6 Å². The van der Waals surface area contributed by atoms with E-state index in [0.717, 1.165) is 39.3 Å². The van der Waals surface area contributed by atoms with Crippen molar-refractivity contribution in [2.24, 2.45) is 0 Å². The first-order valence-electron chi connectivity index (χ1n) is 13.4. The second-order valence-electron chi connectivity index (χ2n) is 9.90. The van der Waals surface area contributed by atoms with Crippen molar-refractivity contribution in [1.29, 1.82) is 5.26 Å². The van der Waals surface area contributed by atoms with Crippen molar-refractivity contribution in [2.45, 2.75) is 13.8 Å². The molecule has 0 aliphatic carbocycles. The van der Waals surface area contributed by atoms with Gasteiger partial charge in [0.05, 0.1) is 18.2 Å². The molecule has 0 bridgehead atoms. The summed E-state index contributed by atoms with van der Waals surface area (Å²) < 4.78 is 0. The average Bonchev–Trinajstić information content (AvgIpc) is 3.02. The van der Waals surface area contributed by atoms with Crippen molar-refractivity contribution in [3.63, 3.8) is 0 Å². The zero-order chi connectivity index (χ0) is 28.6. The smallest absolute Gasteiger partial charge is 0.194 e. The number of benzene rings is 5. The average molecular weight is 528 g/mol. The van der Waals surface area contributed by atoms with Gasteiger partial charge in [0.15, 0.2) is 5.69 Å². The predicted molar refractivity (Wildman–Crippen MR) is 172 cm³/mol. The van der Waals surface area contributed by atoms with Crippen LogP contribution in [0.1, 0.15) is 38.9 Å². The molecule has 3 nitrogen and oxygen atoms in total. The van der Waals surface area contributed by atoms with Crippen molar-refractivity contribution in [2.75, 3.05) is 4.90 Å². The lowest BCUT2D eigenvalue weighted by atomic mass is 10.0. The van der Waals surface area contributed by atoms with Crippen LogP contribution in [0.5, 0.6) is 0 Å². The van der Waals surface area contributed by atoms with Gasteiger partial charge in [0.2, 0.25) is 0 Å². The van der Waals surface area contributed by atoms with Crippen molar-refractivity contribution >= 4 is 47.1 Å². The van der Waals surface area contributed by atoms with Crippen molar-refractivity contribution < 1.29 is 0 Å². The molecule has 0 unspecified atom stereocenters. The van der Waals surface area contributed by atoms with Crippen molar-refractivity contribution in [3.8, 4) is 6.07 Å². The summed E-state index contributed by atoms with van der Waals surface area (Å²) in [7, 11) is 0. The number of rotatable bonds is 7. The lowest BCUT2D eigenvalue weighted by Crippen LogP contribution is -2.09. The molecule has 0 saturated carbocycles. The van der Waals surface area contributed by atoms with Crippen LogP contribution in [0.15, 0.2) is 115 Å². The summed E-state index contributed by atoms with van der Waals surface area (Å²) in [6.45, 7) is 11.9. The Balaban J connectivity index is 1.41. The van der Waals surface area contributed by atoms with Gasteiger partial charge in [0.25, 0.3) is 0 Å². The van der Waals surface area contributed by atoms with Crippen LogP contribution >= 0.6 is 0 Å². The fourth-order valence-electron chi connectivity index (χ4n) is 4.59. The minimum absolute atomic E-state index is 0.509. The van der Waals surface area contributed by atoms with Gasteiger partial charge >= 0.3 is 0 Å². The number of hydrogen-bond donors (Lipinski definition) is 0. The molecule has 196 valence electrons. The van der Waals surface area contributed by atoms with Gasteiger partial charge in [-0.3, -0.25) is 0 Å². The van der Waals surface area contributed by atoms with Gasteiger partial charge in [-0.1, -0.05) is 102 Å². The van der Waals surface area contributed by atoms with Crippen LogP contribution in [0.3, 0.4) is 0 Å². The second-order valence-corrected chi connectivity index (χ2v) is 9.90. The summed E-state index contributed by atoms with van der Waals surface area (Å²) in [5.74, 6) is 0. The van der Waals surface area contributed by atoms with Crippen LogP contribution in [0.2, 0.25) is 0 Å². The molecule has 5 rings (SSSR count). The lowest BCUT2D eigenvalue weighted by molar-refractivity contribution is 1.27. The first kappa shape index (κ1) is 26.9. The summed E-state index contributed by atoms with van der Waals surface area (Å²) in [4.78, 5) is 5.97. The SMILES string of the molecule is [C-]#[N+]c1cc(C=Cc2ccc(C)cc2)c(C#N)cc1C=Cc1ccc(N(c2ccccc2)c2ccc(C)cc2)cc1. The third-order valence-electron chi connectivity index (χ3n) is 6.89. The number of nitrogens with zero attached hydrogens (tertiary/aromatic N) is 3.